The Kier molecular flexibility index (Phi) is 10.3. The number of aliphatic imine (C=N–C) groups is 1. The molecule has 2 heterocycles. The van der Waals surface area contributed by atoms with Gasteiger partial charge in [-0.15, -0.1) is 0 Å². The van der Waals surface area contributed by atoms with Crippen LogP contribution in [0.3, 0.4) is 0 Å². The van der Waals surface area contributed by atoms with Gasteiger partial charge >= 0.3 is 0 Å². The Morgan fingerprint density at radius 3 is 2.62 bits per heavy atom. The second kappa shape index (κ2) is 14.1. The SMILES string of the molecule is CN(C)C(=O)c1cc2cnc(Nc3ccc(C(=O)NCCCCCCCN=C=S)cc3F)nc2n1C1CCCC1. The van der Waals surface area contributed by atoms with Gasteiger partial charge in [0.15, 0.2) is 0 Å². The number of nitrogens with zero attached hydrogens (tertiary/aromatic N) is 5. The van der Waals surface area contributed by atoms with Crippen molar-refractivity contribution in [3.05, 3.63) is 47.5 Å². The largest absolute Gasteiger partial charge is 0.352 e. The van der Waals surface area contributed by atoms with Crippen molar-refractivity contribution >= 4 is 51.9 Å². The van der Waals surface area contributed by atoms with E-state index >= 15 is 0 Å². The first-order valence-corrected chi connectivity index (χ1v) is 14.3. The number of fused-ring (bicyclic) bond motifs is 1. The van der Waals surface area contributed by atoms with E-state index in [0.717, 1.165) is 63.2 Å². The number of benzene rings is 1. The highest BCUT2D eigenvalue weighted by Crippen LogP contribution is 2.35. The Morgan fingerprint density at radius 2 is 1.90 bits per heavy atom. The summed E-state index contributed by atoms with van der Waals surface area (Å²) in [6.45, 7) is 1.25. The topological polar surface area (TPSA) is 105 Å². The van der Waals surface area contributed by atoms with Crippen molar-refractivity contribution in [1.29, 1.82) is 0 Å². The molecule has 0 atom stereocenters. The van der Waals surface area contributed by atoms with E-state index in [1.54, 1.807) is 31.3 Å². The van der Waals surface area contributed by atoms with Crippen LogP contribution in [0.2, 0.25) is 0 Å². The van der Waals surface area contributed by atoms with Crippen molar-refractivity contribution in [2.75, 3.05) is 32.5 Å². The number of anilines is 2. The zero-order chi connectivity index (χ0) is 28.5. The second-order valence-electron chi connectivity index (χ2n) is 10.3. The molecular formula is C29H36FN7O2S. The number of amides is 2. The van der Waals surface area contributed by atoms with Crippen molar-refractivity contribution in [3.8, 4) is 0 Å². The number of thiocarbonyl (C=S) groups is 1. The molecule has 3 aromatic rings. The lowest BCUT2D eigenvalue weighted by molar-refractivity contribution is 0.0815. The van der Waals surface area contributed by atoms with E-state index < -0.39 is 5.82 Å². The molecule has 1 saturated carbocycles. The molecule has 2 N–H and O–H groups in total. The molecule has 4 rings (SSSR count). The lowest BCUT2D eigenvalue weighted by Crippen LogP contribution is -2.25. The average Bonchev–Trinajstić information content (AvgIpc) is 3.60. The molecule has 0 bridgehead atoms. The molecule has 0 aliphatic heterocycles. The molecule has 1 aliphatic carbocycles. The highest BCUT2D eigenvalue weighted by molar-refractivity contribution is 7.78. The van der Waals surface area contributed by atoms with Crippen molar-refractivity contribution in [3.63, 3.8) is 0 Å². The summed E-state index contributed by atoms with van der Waals surface area (Å²) in [6.07, 6.45) is 10.8. The molecule has 0 saturated heterocycles. The van der Waals surface area contributed by atoms with E-state index in [2.05, 4.69) is 43.0 Å². The van der Waals surface area contributed by atoms with Gasteiger partial charge in [-0.2, -0.15) is 4.98 Å². The van der Waals surface area contributed by atoms with Crippen LogP contribution < -0.4 is 10.6 Å². The van der Waals surface area contributed by atoms with Crippen LogP contribution in [-0.4, -0.2) is 63.6 Å². The van der Waals surface area contributed by atoms with Crippen LogP contribution in [-0.2, 0) is 0 Å². The Bertz CT molecular complexity index is 1390. The van der Waals surface area contributed by atoms with Gasteiger partial charge in [-0.3, -0.25) is 9.59 Å². The van der Waals surface area contributed by atoms with Gasteiger partial charge in [-0.1, -0.05) is 32.1 Å². The first-order chi connectivity index (χ1) is 19.4. The predicted octanol–water partition coefficient (Wildman–Crippen LogP) is 5.91. The van der Waals surface area contributed by atoms with Gasteiger partial charge in [0, 0.05) is 50.4 Å². The second-order valence-corrected chi connectivity index (χ2v) is 10.5. The van der Waals surface area contributed by atoms with Crippen LogP contribution in [0, 0.1) is 5.82 Å². The van der Waals surface area contributed by atoms with E-state index in [4.69, 9.17) is 0 Å². The number of nitrogens with one attached hydrogen (secondary N) is 2. The molecule has 0 radical (unpaired) electrons. The molecular weight excluding hydrogens is 529 g/mol. The zero-order valence-electron chi connectivity index (χ0n) is 23.1. The minimum Gasteiger partial charge on any atom is -0.352 e. The summed E-state index contributed by atoms with van der Waals surface area (Å²) in [5.74, 6) is -0.762. The third kappa shape index (κ3) is 7.28. The Hall–Kier alpha value is -3.69. The van der Waals surface area contributed by atoms with Gasteiger partial charge in [0.2, 0.25) is 5.95 Å². The highest BCUT2D eigenvalue weighted by atomic mass is 32.1. The van der Waals surface area contributed by atoms with E-state index in [9.17, 15) is 14.0 Å². The van der Waals surface area contributed by atoms with Crippen LogP contribution in [0.5, 0.6) is 0 Å². The first kappa shape index (κ1) is 29.3. The van der Waals surface area contributed by atoms with Crippen LogP contribution in [0.25, 0.3) is 11.0 Å². The lowest BCUT2D eigenvalue weighted by Gasteiger charge is -2.19. The third-order valence-electron chi connectivity index (χ3n) is 7.17. The maximum Gasteiger partial charge on any atom is 0.270 e. The van der Waals surface area contributed by atoms with Crippen LogP contribution in [0.4, 0.5) is 16.0 Å². The minimum atomic E-state index is -0.579. The molecule has 2 aromatic heterocycles. The monoisotopic (exact) mass is 565 g/mol. The summed E-state index contributed by atoms with van der Waals surface area (Å²) in [4.78, 5) is 39.9. The minimum absolute atomic E-state index is 0.0904. The fourth-order valence-electron chi connectivity index (χ4n) is 5.07. The molecule has 1 aromatic carbocycles. The van der Waals surface area contributed by atoms with E-state index in [-0.39, 0.29) is 35.1 Å². The summed E-state index contributed by atoms with van der Waals surface area (Å²) < 4.78 is 17.0. The quantitative estimate of drug-likeness (QED) is 0.152. The average molecular weight is 566 g/mol. The maximum absolute atomic E-state index is 15.0. The number of hydrogen-bond acceptors (Lipinski definition) is 7. The smallest absolute Gasteiger partial charge is 0.270 e. The summed E-state index contributed by atoms with van der Waals surface area (Å²) >= 11 is 4.55. The fourth-order valence-corrected chi connectivity index (χ4v) is 5.16. The summed E-state index contributed by atoms with van der Waals surface area (Å²) in [5.41, 5.74) is 1.64. The Morgan fingerprint density at radius 1 is 1.15 bits per heavy atom. The first-order valence-electron chi connectivity index (χ1n) is 13.9. The van der Waals surface area contributed by atoms with Crippen LogP contribution >= 0.6 is 12.2 Å². The number of rotatable bonds is 13. The number of unbranched alkanes of at least 4 members (excludes halogenated alkanes) is 4. The van der Waals surface area contributed by atoms with Crippen molar-refractivity contribution in [1.82, 2.24) is 24.8 Å². The third-order valence-corrected chi connectivity index (χ3v) is 7.29. The van der Waals surface area contributed by atoms with Crippen LogP contribution in [0.1, 0.15) is 84.7 Å². The van der Waals surface area contributed by atoms with Gasteiger partial charge in [-0.25, -0.2) is 14.4 Å². The maximum atomic E-state index is 15.0. The summed E-state index contributed by atoms with van der Waals surface area (Å²) in [5, 5.41) is 8.91. The van der Waals surface area contributed by atoms with Crippen molar-refractivity contribution in [2.45, 2.75) is 63.8 Å². The molecule has 40 heavy (non-hydrogen) atoms. The van der Waals surface area contributed by atoms with Crippen LogP contribution in [0.15, 0.2) is 35.5 Å². The van der Waals surface area contributed by atoms with Gasteiger partial charge in [0.05, 0.1) is 10.8 Å². The number of isothiocyanates is 1. The summed E-state index contributed by atoms with van der Waals surface area (Å²) in [7, 11) is 3.46. The zero-order valence-corrected chi connectivity index (χ0v) is 23.9. The molecule has 11 heteroatoms. The molecule has 1 fully saturated rings. The standard InChI is InChI=1S/C29H36FN7O2S/c1-36(2)28(39)25-17-21-18-33-29(35-26(21)37(25)22-10-6-7-11-22)34-24-13-12-20(16-23(24)30)27(38)32-15-9-5-3-4-8-14-31-19-40/h12-13,16-18,22H,3-11,14-15H2,1-2H3,(H,32,38)(H,33,34,35). The molecule has 212 valence electrons. The lowest BCUT2D eigenvalue weighted by atomic mass is 10.1. The summed E-state index contributed by atoms with van der Waals surface area (Å²) in [6, 6.07) is 6.31. The molecule has 0 unspecified atom stereocenters. The molecule has 0 spiro atoms. The molecule has 1 aliphatic rings. The molecule has 9 nitrogen and oxygen atoms in total. The Labute approximate surface area is 239 Å². The Balaban J connectivity index is 1.40. The van der Waals surface area contributed by atoms with E-state index in [1.807, 2.05) is 10.6 Å². The van der Waals surface area contributed by atoms with Crippen molar-refractivity contribution in [2.24, 2.45) is 4.99 Å². The fraction of sp³-hybridized carbons (Fsp3) is 0.483. The predicted molar refractivity (Wildman–Crippen MR) is 158 cm³/mol. The van der Waals surface area contributed by atoms with Gasteiger partial charge in [0.1, 0.15) is 17.2 Å². The van der Waals surface area contributed by atoms with Gasteiger partial charge in [-0.05, 0) is 62.2 Å². The van der Waals surface area contributed by atoms with Crippen molar-refractivity contribution < 1.29 is 14.0 Å². The normalized spacial score (nSPS) is 13.3. The molecule has 2 amide bonds. The number of hydrogen-bond donors (Lipinski definition) is 2. The van der Waals surface area contributed by atoms with Gasteiger partial charge in [0.25, 0.3) is 11.8 Å². The highest BCUT2D eigenvalue weighted by Gasteiger charge is 2.26. The number of halogens is 1. The number of carbonyl (C=O) groups excluding carboxylic acids is 2. The number of aromatic nitrogens is 3. The van der Waals surface area contributed by atoms with E-state index in [1.165, 1.54) is 12.1 Å². The number of carbonyl (C=O) groups is 2. The van der Waals surface area contributed by atoms with Gasteiger partial charge < -0.3 is 20.1 Å². The van der Waals surface area contributed by atoms with E-state index in [0.29, 0.717) is 24.4 Å².